The van der Waals surface area contributed by atoms with Crippen molar-refractivity contribution in [2.75, 3.05) is 38.1 Å². The third kappa shape index (κ3) is 7.27. The molecule has 4 rings (SSSR count). The van der Waals surface area contributed by atoms with Crippen LogP contribution in [0.3, 0.4) is 0 Å². The highest BCUT2D eigenvalue weighted by atomic mass is 32.2. The van der Waals surface area contributed by atoms with Crippen LogP contribution in [0, 0.1) is 11.8 Å². The number of sulfonamides is 1. The summed E-state index contributed by atoms with van der Waals surface area (Å²) in [7, 11) is -3.79. The van der Waals surface area contributed by atoms with Crippen LogP contribution in [-0.4, -0.2) is 68.0 Å². The number of halogens is 3. The predicted molar refractivity (Wildman–Crippen MR) is 140 cm³/mol. The molecule has 1 aromatic heterocycles. The van der Waals surface area contributed by atoms with E-state index in [1.807, 2.05) is 6.07 Å². The first-order valence-corrected chi connectivity index (χ1v) is 13.7. The van der Waals surface area contributed by atoms with Crippen molar-refractivity contribution >= 4 is 26.6 Å². The van der Waals surface area contributed by atoms with Crippen LogP contribution >= 0.6 is 0 Å². The minimum Gasteiger partial charge on any atom is -0.395 e. The summed E-state index contributed by atoms with van der Waals surface area (Å²) in [5.41, 5.74) is 3.82. The van der Waals surface area contributed by atoms with E-state index in [1.165, 1.54) is 12.1 Å². The van der Waals surface area contributed by atoms with E-state index < -0.39 is 22.7 Å². The summed E-state index contributed by atoms with van der Waals surface area (Å²) in [6, 6.07) is 14.8. The summed E-state index contributed by atoms with van der Waals surface area (Å²) >= 11 is 0. The van der Waals surface area contributed by atoms with E-state index in [2.05, 4.69) is 32.3 Å². The summed E-state index contributed by atoms with van der Waals surface area (Å²) in [5.74, 6) is 5.47. The number of nitrogens with one attached hydrogen (secondary N) is 3. The Morgan fingerprint density at radius 2 is 1.79 bits per heavy atom. The molecule has 3 aromatic rings. The number of nitrogens with zero attached hydrogens (tertiary/aromatic N) is 2. The van der Waals surface area contributed by atoms with Crippen LogP contribution in [0.2, 0.25) is 0 Å². The van der Waals surface area contributed by atoms with Crippen LogP contribution in [0.5, 0.6) is 0 Å². The molecule has 1 aliphatic heterocycles. The second kappa shape index (κ2) is 12.2. The SMILES string of the molecule is O=S(=O)(NNCC#Cc1cc2c(NC3CCN(CCO)CC3)cccc2n1CC(F)(F)F)c1ccccc1. The number of aromatic nitrogens is 1. The van der Waals surface area contributed by atoms with E-state index >= 15 is 0 Å². The van der Waals surface area contributed by atoms with Gasteiger partial charge in [-0.15, -0.1) is 4.83 Å². The van der Waals surface area contributed by atoms with Crippen molar-refractivity contribution in [3.8, 4) is 11.8 Å². The lowest BCUT2D eigenvalue weighted by Gasteiger charge is -2.32. The Morgan fingerprint density at radius 3 is 2.47 bits per heavy atom. The number of alkyl halides is 3. The molecule has 38 heavy (non-hydrogen) atoms. The molecular weight excluding hydrogens is 519 g/mol. The van der Waals surface area contributed by atoms with Crippen molar-refractivity contribution in [2.45, 2.75) is 36.5 Å². The number of aliphatic hydroxyl groups is 1. The van der Waals surface area contributed by atoms with E-state index in [1.54, 1.807) is 36.4 Å². The van der Waals surface area contributed by atoms with Crippen LogP contribution in [0.15, 0.2) is 59.5 Å². The predicted octanol–water partition coefficient (Wildman–Crippen LogP) is 2.91. The first kappa shape index (κ1) is 27.9. The summed E-state index contributed by atoms with van der Waals surface area (Å²) in [5, 5.41) is 13.2. The molecule has 0 unspecified atom stereocenters. The Labute approximate surface area is 219 Å². The van der Waals surface area contributed by atoms with Crippen molar-refractivity contribution in [2.24, 2.45) is 0 Å². The number of hydrogen-bond donors (Lipinski definition) is 4. The maximum Gasteiger partial charge on any atom is 0.406 e. The van der Waals surface area contributed by atoms with Gasteiger partial charge in [0.1, 0.15) is 6.54 Å². The zero-order valence-corrected chi connectivity index (χ0v) is 21.4. The van der Waals surface area contributed by atoms with Crippen molar-refractivity contribution in [1.82, 2.24) is 19.7 Å². The topological polar surface area (TPSA) is 98.6 Å². The number of piperidine rings is 1. The number of hydrazine groups is 1. The Hall–Kier alpha value is -3.08. The van der Waals surface area contributed by atoms with Crippen molar-refractivity contribution < 1.29 is 26.7 Å². The molecule has 1 aliphatic rings. The molecule has 0 spiro atoms. The number of likely N-dealkylation sites (tertiary alicyclic amines) is 1. The molecule has 1 saturated heterocycles. The fourth-order valence-electron chi connectivity index (χ4n) is 4.49. The highest BCUT2D eigenvalue weighted by Gasteiger charge is 2.30. The van der Waals surface area contributed by atoms with Gasteiger partial charge in [0, 0.05) is 36.7 Å². The average molecular weight is 550 g/mol. The molecule has 2 aromatic carbocycles. The van der Waals surface area contributed by atoms with Gasteiger partial charge in [-0.25, -0.2) is 13.8 Å². The molecule has 8 nitrogen and oxygen atoms in total. The van der Waals surface area contributed by atoms with E-state index in [0.717, 1.165) is 36.2 Å². The molecule has 0 bridgehead atoms. The summed E-state index contributed by atoms with van der Waals surface area (Å²) < 4.78 is 66.0. The van der Waals surface area contributed by atoms with Gasteiger partial charge in [0.05, 0.1) is 29.3 Å². The second-order valence-corrected chi connectivity index (χ2v) is 10.7. The van der Waals surface area contributed by atoms with Crippen LogP contribution < -0.4 is 15.6 Å². The zero-order chi connectivity index (χ0) is 27.2. The largest absolute Gasteiger partial charge is 0.406 e. The lowest BCUT2D eigenvalue weighted by molar-refractivity contribution is -0.140. The van der Waals surface area contributed by atoms with Gasteiger partial charge in [-0.3, -0.25) is 0 Å². The number of anilines is 1. The lowest BCUT2D eigenvalue weighted by atomic mass is 10.0. The van der Waals surface area contributed by atoms with Gasteiger partial charge in [-0.05, 0) is 49.1 Å². The van der Waals surface area contributed by atoms with Gasteiger partial charge in [-0.1, -0.05) is 30.2 Å². The van der Waals surface area contributed by atoms with E-state index in [0.29, 0.717) is 17.4 Å². The van der Waals surface area contributed by atoms with Gasteiger partial charge >= 0.3 is 6.18 Å². The molecular formula is C26H30F3N5O3S. The van der Waals surface area contributed by atoms with Crippen LogP contribution in [0.25, 0.3) is 10.9 Å². The number of fused-ring (bicyclic) bond motifs is 1. The molecule has 0 saturated carbocycles. The normalized spacial score (nSPS) is 15.4. The first-order valence-electron chi connectivity index (χ1n) is 12.2. The summed E-state index contributed by atoms with van der Waals surface area (Å²) in [4.78, 5) is 4.47. The highest BCUT2D eigenvalue weighted by molar-refractivity contribution is 7.89. The molecule has 0 aliphatic carbocycles. The fraction of sp³-hybridized carbons (Fsp3) is 0.385. The maximum absolute atomic E-state index is 13.4. The second-order valence-electron chi connectivity index (χ2n) is 9.03. The van der Waals surface area contributed by atoms with Crippen molar-refractivity contribution in [1.29, 1.82) is 0 Å². The Bertz CT molecular complexity index is 1390. The first-order chi connectivity index (χ1) is 18.2. The van der Waals surface area contributed by atoms with Gasteiger partial charge < -0.3 is 19.9 Å². The molecule has 12 heteroatoms. The monoisotopic (exact) mass is 549 g/mol. The standard InChI is InChI=1S/C26H30F3N5O3S/c27-26(28,29)19-34-21(6-5-13-30-32-38(36,37)22-7-2-1-3-8-22)18-23-24(9-4-10-25(23)34)31-20-11-14-33(15-12-20)16-17-35/h1-4,7-10,18,20,30-32,35H,11-17,19H2. The quantitative estimate of drug-likeness (QED) is 0.186. The molecule has 0 radical (unpaired) electrons. The molecule has 204 valence electrons. The minimum absolute atomic E-state index is 0.0739. The van der Waals surface area contributed by atoms with Gasteiger partial charge in [0.2, 0.25) is 0 Å². The Morgan fingerprint density at radius 1 is 1.05 bits per heavy atom. The van der Waals surface area contributed by atoms with E-state index in [-0.39, 0.29) is 29.8 Å². The van der Waals surface area contributed by atoms with Crippen LogP contribution in [-0.2, 0) is 16.6 Å². The smallest absolute Gasteiger partial charge is 0.395 e. The third-order valence-electron chi connectivity index (χ3n) is 6.30. The van der Waals surface area contributed by atoms with E-state index in [4.69, 9.17) is 5.11 Å². The number of rotatable bonds is 9. The van der Waals surface area contributed by atoms with Gasteiger partial charge in [0.25, 0.3) is 10.0 Å². The molecule has 1 fully saturated rings. The maximum atomic E-state index is 13.4. The zero-order valence-electron chi connectivity index (χ0n) is 20.6. The molecule has 2 heterocycles. The summed E-state index contributed by atoms with van der Waals surface area (Å²) in [6.45, 7) is 1.10. The fourth-order valence-corrected chi connectivity index (χ4v) is 5.39. The average Bonchev–Trinajstić information content (AvgIpc) is 3.22. The summed E-state index contributed by atoms with van der Waals surface area (Å²) in [6.07, 6.45) is -2.73. The van der Waals surface area contributed by atoms with Gasteiger partial charge in [0.15, 0.2) is 0 Å². The number of β-amino-alcohol motifs (C(OH)–C–C–N with tert-alkyl or cyclic N) is 1. The lowest BCUT2D eigenvalue weighted by Crippen LogP contribution is -2.40. The van der Waals surface area contributed by atoms with Gasteiger partial charge in [-0.2, -0.15) is 13.2 Å². The highest BCUT2D eigenvalue weighted by Crippen LogP contribution is 2.31. The van der Waals surface area contributed by atoms with Crippen molar-refractivity contribution in [3.63, 3.8) is 0 Å². The molecule has 4 N–H and O–H groups in total. The van der Waals surface area contributed by atoms with E-state index in [9.17, 15) is 21.6 Å². The third-order valence-corrected chi connectivity index (χ3v) is 7.61. The number of benzene rings is 2. The van der Waals surface area contributed by atoms with Crippen LogP contribution in [0.1, 0.15) is 18.5 Å². The minimum atomic E-state index is -4.45. The number of hydrogen-bond acceptors (Lipinski definition) is 6. The number of aliphatic hydroxyl groups excluding tert-OH is 1. The van der Waals surface area contributed by atoms with Crippen molar-refractivity contribution in [3.05, 3.63) is 60.3 Å². The Kier molecular flexibility index (Phi) is 8.96. The molecule has 0 atom stereocenters. The Balaban J connectivity index is 1.50. The van der Waals surface area contributed by atoms with Crippen LogP contribution in [0.4, 0.5) is 18.9 Å². The molecule has 0 amide bonds.